The third-order valence-electron chi connectivity index (χ3n) is 2.64. The molecule has 1 aliphatic rings. The largest absolute Gasteiger partial charge is 0.405 e. The Morgan fingerprint density at radius 3 is 2.53 bits per heavy atom. The van der Waals surface area contributed by atoms with E-state index >= 15 is 0 Å². The molecule has 0 aliphatic heterocycles. The summed E-state index contributed by atoms with van der Waals surface area (Å²) in [5.41, 5.74) is 7.51. The van der Waals surface area contributed by atoms with Gasteiger partial charge < -0.3 is 5.73 Å². The van der Waals surface area contributed by atoms with E-state index in [0.717, 1.165) is 11.1 Å². The van der Waals surface area contributed by atoms with Crippen molar-refractivity contribution in [3.05, 3.63) is 59.8 Å². The first-order chi connectivity index (χ1) is 8.06. The van der Waals surface area contributed by atoms with Crippen molar-refractivity contribution in [3.8, 4) is 0 Å². The minimum absolute atomic E-state index is 0.322. The van der Waals surface area contributed by atoms with Crippen molar-refractivity contribution >= 4 is 11.6 Å². The molecule has 2 N–H and O–H groups in total. The zero-order valence-electron chi connectivity index (χ0n) is 10.9. The summed E-state index contributed by atoms with van der Waals surface area (Å²) in [5.74, 6) is 0.667. The molecule has 0 heterocycles. The summed E-state index contributed by atoms with van der Waals surface area (Å²) in [6.07, 6.45) is 9.50. The molecule has 0 aromatic carbocycles. The molecule has 0 fully saturated rings. The van der Waals surface area contributed by atoms with Gasteiger partial charge in [0.1, 0.15) is 0 Å². The molecule has 0 spiro atoms. The molecule has 0 aromatic rings. The van der Waals surface area contributed by atoms with Crippen LogP contribution >= 0.6 is 11.6 Å². The second-order valence-corrected chi connectivity index (χ2v) is 4.17. The molecule has 0 radical (unpaired) electrons. The molecule has 1 aliphatic carbocycles. The van der Waals surface area contributed by atoms with E-state index < -0.39 is 0 Å². The van der Waals surface area contributed by atoms with Gasteiger partial charge in [0.2, 0.25) is 0 Å². The van der Waals surface area contributed by atoms with Gasteiger partial charge in [0.25, 0.3) is 0 Å². The third kappa shape index (κ3) is 4.66. The van der Waals surface area contributed by atoms with Crippen LogP contribution in [0.5, 0.6) is 0 Å². The van der Waals surface area contributed by atoms with Crippen molar-refractivity contribution in [2.45, 2.75) is 20.8 Å². The second kappa shape index (κ2) is 7.97. The average molecular weight is 252 g/mol. The number of rotatable bonds is 2. The fourth-order valence-corrected chi connectivity index (χ4v) is 1.77. The van der Waals surface area contributed by atoms with Crippen LogP contribution in [0.3, 0.4) is 0 Å². The maximum Gasteiger partial charge on any atom is 0.0340 e. The van der Waals surface area contributed by atoms with Gasteiger partial charge >= 0.3 is 0 Å². The lowest BCUT2D eigenvalue weighted by Crippen LogP contribution is -2.14. The first-order valence-corrected chi connectivity index (χ1v) is 6.26. The monoisotopic (exact) mass is 251 g/mol. The lowest BCUT2D eigenvalue weighted by atomic mass is 9.79. The molecular formula is C15H22ClN. The lowest BCUT2D eigenvalue weighted by molar-refractivity contribution is 0.575. The number of halogens is 1. The van der Waals surface area contributed by atoms with Gasteiger partial charge in [-0.05, 0) is 29.3 Å². The van der Waals surface area contributed by atoms with Gasteiger partial charge in [0, 0.05) is 11.0 Å². The SMILES string of the molecule is C=C(Cl)/C=C1/C=CC(/C=C/N)C(C)C1=C.CC. The number of hydrogen-bond donors (Lipinski definition) is 1. The van der Waals surface area contributed by atoms with Crippen LogP contribution < -0.4 is 5.73 Å². The number of hydrogen-bond acceptors (Lipinski definition) is 1. The fraction of sp³-hybridized carbons (Fsp3) is 0.333. The van der Waals surface area contributed by atoms with E-state index in [0.29, 0.717) is 16.9 Å². The average Bonchev–Trinajstić information content (AvgIpc) is 2.31. The molecule has 0 aromatic heterocycles. The van der Waals surface area contributed by atoms with Crippen molar-refractivity contribution in [3.63, 3.8) is 0 Å². The molecule has 94 valence electrons. The Balaban J connectivity index is 0.00000121. The normalized spacial score (nSPS) is 25.9. The van der Waals surface area contributed by atoms with Crippen molar-refractivity contribution < 1.29 is 0 Å². The molecule has 2 atom stereocenters. The summed E-state index contributed by atoms with van der Waals surface area (Å²) in [4.78, 5) is 0. The van der Waals surface area contributed by atoms with Crippen LogP contribution in [0.15, 0.2) is 59.8 Å². The van der Waals surface area contributed by atoms with Crippen molar-refractivity contribution in [1.82, 2.24) is 0 Å². The minimum atomic E-state index is 0.322. The van der Waals surface area contributed by atoms with Crippen molar-refractivity contribution in [2.75, 3.05) is 0 Å². The Kier molecular flexibility index (Phi) is 7.40. The van der Waals surface area contributed by atoms with Gasteiger partial charge in [-0.1, -0.05) is 63.8 Å². The lowest BCUT2D eigenvalue weighted by Gasteiger charge is -2.25. The van der Waals surface area contributed by atoms with Gasteiger partial charge in [-0.2, -0.15) is 0 Å². The van der Waals surface area contributed by atoms with Crippen LogP contribution in [0.25, 0.3) is 0 Å². The molecule has 1 rings (SSSR count). The Hall–Kier alpha value is -1.21. The minimum Gasteiger partial charge on any atom is -0.405 e. The highest BCUT2D eigenvalue weighted by atomic mass is 35.5. The highest BCUT2D eigenvalue weighted by molar-refractivity contribution is 6.30. The third-order valence-corrected chi connectivity index (χ3v) is 2.75. The topological polar surface area (TPSA) is 26.0 Å². The highest BCUT2D eigenvalue weighted by Gasteiger charge is 2.20. The maximum atomic E-state index is 5.74. The molecule has 0 saturated heterocycles. The molecule has 2 heteroatoms. The van der Waals surface area contributed by atoms with E-state index in [-0.39, 0.29) is 0 Å². The number of nitrogens with two attached hydrogens (primary N) is 1. The summed E-state index contributed by atoms with van der Waals surface area (Å²) in [5, 5.41) is 0.524. The van der Waals surface area contributed by atoms with Crippen LogP contribution in [-0.2, 0) is 0 Å². The summed E-state index contributed by atoms with van der Waals surface area (Å²) >= 11 is 5.74. The van der Waals surface area contributed by atoms with E-state index in [2.05, 4.69) is 26.2 Å². The predicted octanol–water partition coefficient (Wildman–Crippen LogP) is 4.54. The van der Waals surface area contributed by atoms with E-state index in [1.54, 1.807) is 6.20 Å². The van der Waals surface area contributed by atoms with E-state index in [4.69, 9.17) is 17.3 Å². The van der Waals surface area contributed by atoms with Crippen molar-refractivity contribution in [1.29, 1.82) is 0 Å². The number of allylic oxidation sites excluding steroid dienone is 7. The summed E-state index contributed by atoms with van der Waals surface area (Å²) < 4.78 is 0. The quantitative estimate of drug-likeness (QED) is 0.766. The summed E-state index contributed by atoms with van der Waals surface area (Å²) in [6.45, 7) is 13.8. The molecule has 0 saturated carbocycles. The fourth-order valence-electron chi connectivity index (χ4n) is 1.65. The Morgan fingerprint density at radius 1 is 1.47 bits per heavy atom. The van der Waals surface area contributed by atoms with E-state index in [1.807, 2.05) is 32.1 Å². The predicted molar refractivity (Wildman–Crippen MR) is 78.7 cm³/mol. The zero-order valence-corrected chi connectivity index (χ0v) is 11.7. The van der Waals surface area contributed by atoms with Crippen LogP contribution in [0.4, 0.5) is 0 Å². The van der Waals surface area contributed by atoms with Crippen LogP contribution in [-0.4, -0.2) is 0 Å². The molecule has 2 unspecified atom stereocenters. The van der Waals surface area contributed by atoms with Gasteiger partial charge in [-0.3, -0.25) is 0 Å². The summed E-state index contributed by atoms with van der Waals surface area (Å²) in [6, 6.07) is 0. The molecule has 1 nitrogen and oxygen atoms in total. The Labute approximate surface area is 110 Å². The molecule has 0 bridgehead atoms. The first kappa shape index (κ1) is 15.8. The van der Waals surface area contributed by atoms with Crippen LogP contribution in [0, 0.1) is 11.8 Å². The molecule has 17 heavy (non-hydrogen) atoms. The highest BCUT2D eigenvalue weighted by Crippen LogP contribution is 2.33. The standard InChI is InChI=1S/C13H16ClN.C2H6/c1-9(14)8-13-5-4-12(6-7-15)10(2)11(13)3;1-2/h4-8,10,12H,1,3,15H2,2H3;1-2H3/b7-6+,13-8-;. The van der Waals surface area contributed by atoms with Gasteiger partial charge in [-0.15, -0.1) is 0 Å². The van der Waals surface area contributed by atoms with Crippen molar-refractivity contribution in [2.24, 2.45) is 17.6 Å². The van der Waals surface area contributed by atoms with Gasteiger partial charge in [0.05, 0.1) is 0 Å². The van der Waals surface area contributed by atoms with Gasteiger partial charge in [-0.25, -0.2) is 0 Å². The van der Waals surface area contributed by atoms with E-state index in [9.17, 15) is 0 Å². The summed E-state index contributed by atoms with van der Waals surface area (Å²) in [7, 11) is 0. The Morgan fingerprint density at radius 2 is 2.06 bits per heavy atom. The molecule has 0 amide bonds. The molecular weight excluding hydrogens is 230 g/mol. The second-order valence-electron chi connectivity index (χ2n) is 3.68. The zero-order chi connectivity index (χ0) is 13.4. The maximum absolute atomic E-state index is 5.74. The Bertz CT molecular complexity index is 361. The van der Waals surface area contributed by atoms with Gasteiger partial charge in [0.15, 0.2) is 0 Å². The van der Waals surface area contributed by atoms with E-state index in [1.165, 1.54) is 0 Å². The smallest absolute Gasteiger partial charge is 0.0340 e. The van der Waals surface area contributed by atoms with Crippen LogP contribution in [0.1, 0.15) is 20.8 Å². The van der Waals surface area contributed by atoms with Crippen LogP contribution in [0.2, 0.25) is 0 Å². The first-order valence-electron chi connectivity index (χ1n) is 5.88.